The molecule has 10 heteroatoms. The Hall–Kier alpha value is -3.61. The van der Waals surface area contributed by atoms with E-state index in [0.29, 0.717) is 23.7 Å². The third-order valence-corrected chi connectivity index (χ3v) is 5.23. The summed E-state index contributed by atoms with van der Waals surface area (Å²) in [6.07, 6.45) is 7.87. The third-order valence-electron chi connectivity index (χ3n) is 5.23. The molecule has 0 aliphatic heterocycles. The summed E-state index contributed by atoms with van der Waals surface area (Å²) in [6, 6.07) is 5.07. The number of fused-ring (bicyclic) bond motifs is 1. The number of nitrogens with one attached hydrogen (secondary N) is 1. The lowest BCUT2D eigenvalue weighted by Crippen LogP contribution is -2.27. The molecule has 3 heterocycles. The normalized spacial score (nSPS) is 19.0. The van der Waals surface area contributed by atoms with Crippen LogP contribution in [0.3, 0.4) is 0 Å². The summed E-state index contributed by atoms with van der Waals surface area (Å²) in [7, 11) is 0. The molecule has 9 nitrogen and oxygen atoms in total. The number of halogens is 1. The number of anilines is 1. The van der Waals surface area contributed by atoms with E-state index < -0.39 is 10.7 Å². The Morgan fingerprint density at radius 1 is 1.28 bits per heavy atom. The zero-order chi connectivity index (χ0) is 20.4. The molecule has 3 aromatic rings. The fraction of sp³-hybridized carbons (Fsp3) is 0.368. The van der Waals surface area contributed by atoms with Gasteiger partial charge in [0.15, 0.2) is 5.82 Å². The number of nitro groups is 1. The molecule has 1 aliphatic rings. The molecule has 148 valence electrons. The second kappa shape index (κ2) is 7.79. The van der Waals surface area contributed by atoms with Crippen molar-refractivity contribution in [3.8, 4) is 17.6 Å². The van der Waals surface area contributed by atoms with Crippen molar-refractivity contribution in [2.45, 2.75) is 38.1 Å². The Labute approximate surface area is 165 Å². The molecule has 1 N–H and O–H groups in total. The summed E-state index contributed by atoms with van der Waals surface area (Å²) in [6.45, 7) is 0. The molecular weight excluding hydrogens is 377 g/mol. The van der Waals surface area contributed by atoms with Crippen LogP contribution in [0.2, 0.25) is 0 Å². The van der Waals surface area contributed by atoms with Gasteiger partial charge in [-0.2, -0.15) is 5.26 Å². The lowest BCUT2D eigenvalue weighted by atomic mass is 9.84. The molecule has 0 aromatic carbocycles. The van der Waals surface area contributed by atoms with E-state index in [2.05, 4.69) is 26.3 Å². The molecule has 1 fully saturated rings. The van der Waals surface area contributed by atoms with Crippen molar-refractivity contribution >= 4 is 17.2 Å². The molecule has 0 radical (unpaired) electrons. The van der Waals surface area contributed by atoms with Crippen molar-refractivity contribution < 1.29 is 9.31 Å². The Balaban J connectivity index is 1.64. The predicted octanol–water partition coefficient (Wildman–Crippen LogP) is 3.72. The first-order chi connectivity index (χ1) is 14.0. The summed E-state index contributed by atoms with van der Waals surface area (Å²) >= 11 is 0. The van der Waals surface area contributed by atoms with Gasteiger partial charge in [0, 0.05) is 18.7 Å². The minimum atomic E-state index is -0.526. The first-order valence-electron chi connectivity index (χ1n) is 9.33. The number of pyridine rings is 1. The van der Waals surface area contributed by atoms with Crippen molar-refractivity contribution in [3.05, 3.63) is 46.7 Å². The highest BCUT2D eigenvalue weighted by Gasteiger charge is 2.25. The van der Waals surface area contributed by atoms with E-state index in [1.165, 1.54) is 28.9 Å². The van der Waals surface area contributed by atoms with Crippen molar-refractivity contribution in [1.82, 2.24) is 19.4 Å². The third kappa shape index (κ3) is 3.85. The molecule has 0 bridgehead atoms. The average Bonchev–Trinajstić information content (AvgIpc) is 3.12. The van der Waals surface area contributed by atoms with Crippen LogP contribution in [-0.2, 0) is 0 Å². The molecule has 0 atom stereocenters. The molecule has 1 saturated carbocycles. The molecule has 3 aromatic heterocycles. The van der Waals surface area contributed by atoms with Crippen LogP contribution in [-0.4, -0.2) is 30.3 Å². The van der Waals surface area contributed by atoms with Gasteiger partial charge in [0.25, 0.3) is 0 Å². The molecule has 0 unspecified atom stereocenters. The number of aromatic nitrogens is 4. The highest BCUT2D eigenvalue weighted by atomic mass is 19.1. The van der Waals surface area contributed by atoms with Crippen LogP contribution in [0.5, 0.6) is 0 Å². The van der Waals surface area contributed by atoms with Gasteiger partial charge in [-0.05, 0) is 43.7 Å². The van der Waals surface area contributed by atoms with Gasteiger partial charge in [-0.3, -0.25) is 14.5 Å². The van der Waals surface area contributed by atoms with E-state index in [4.69, 9.17) is 5.26 Å². The summed E-state index contributed by atoms with van der Waals surface area (Å²) in [4.78, 5) is 23.6. The molecule has 1 aliphatic carbocycles. The SMILES string of the molecule is N#CC[C@H]1CC[C@H](Nc2nc(-c3cnc4ccc(F)cn34)ncc2[N+](=O)[O-])CC1. The maximum Gasteiger partial charge on any atom is 0.329 e. The fourth-order valence-electron chi connectivity index (χ4n) is 3.69. The van der Waals surface area contributed by atoms with Gasteiger partial charge in [0.1, 0.15) is 23.4 Å². The van der Waals surface area contributed by atoms with E-state index in [0.717, 1.165) is 31.9 Å². The van der Waals surface area contributed by atoms with Gasteiger partial charge >= 0.3 is 5.69 Å². The first-order valence-corrected chi connectivity index (χ1v) is 9.33. The van der Waals surface area contributed by atoms with Gasteiger partial charge in [-0.15, -0.1) is 0 Å². The highest BCUT2D eigenvalue weighted by molar-refractivity contribution is 5.63. The lowest BCUT2D eigenvalue weighted by Gasteiger charge is -2.28. The summed E-state index contributed by atoms with van der Waals surface area (Å²) < 4.78 is 15.2. The quantitative estimate of drug-likeness (QED) is 0.516. The van der Waals surface area contributed by atoms with Gasteiger partial charge in [-0.1, -0.05) is 0 Å². The van der Waals surface area contributed by atoms with E-state index in [1.54, 1.807) is 0 Å². The monoisotopic (exact) mass is 395 g/mol. The van der Waals surface area contributed by atoms with E-state index in [1.807, 2.05) is 0 Å². The summed E-state index contributed by atoms with van der Waals surface area (Å²) in [5, 5.41) is 23.5. The van der Waals surface area contributed by atoms with Gasteiger partial charge in [-0.25, -0.2) is 19.3 Å². The lowest BCUT2D eigenvalue weighted by molar-refractivity contribution is -0.384. The van der Waals surface area contributed by atoms with Crippen LogP contribution in [0.4, 0.5) is 15.9 Å². The number of imidazole rings is 1. The smallest absolute Gasteiger partial charge is 0.329 e. The molecule has 0 amide bonds. The molecule has 0 saturated heterocycles. The topological polar surface area (TPSA) is 122 Å². The second-order valence-electron chi connectivity index (χ2n) is 7.13. The molecular formula is C19H18FN7O2. The van der Waals surface area contributed by atoms with Crippen molar-refractivity contribution in [3.63, 3.8) is 0 Å². The summed E-state index contributed by atoms with van der Waals surface area (Å²) in [5.41, 5.74) is 0.747. The Morgan fingerprint density at radius 2 is 2.07 bits per heavy atom. The van der Waals surface area contributed by atoms with Crippen LogP contribution in [0, 0.1) is 33.2 Å². The number of hydrogen-bond acceptors (Lipinski definition) is 7. The van der Waals surface area contributed by atoms with E-state index in [9.17, 15) is 14.5 Å². The van der Waals surface area contributed by atoms with E-state index in [-0.39, 0.29) is 23.4 Å². The minimum absolute atomic E-state index is 0.0334. The minimum Gasteiger partial charge on any atom is -0.361 e. The van der Waals surface area contributed by atoms with Crippen LogP contribution in [0.15, 0.2) is 30.7 Å². The van der Waals surface area contributed by atoms with Crippen molar-refractivity contribution in [2.75, 3.05) is 5.32 Å². The van der Waals surface area contributed by atoms with E-state index >= 15 is 0 Å². The zero-order valence-corrected chi connectivity index (χ0v) is 15.5. The number of rotatable bonds is 5. The standard InChI is InChI=1S/C19H18FN7O2/c20-13-3-6-17-22-9-15(26(17)11-13)18-23-10-16(27(28)29)19(25-18)24-14-4-1-12(2-5-14)7-8-21/h3,6,9-12,14H,1-2,4-5,7H2,(H,23,24,25)/t12-,14-. The maximum absolute atomic E-state index is 13.6. The second-order valence-corrected chi connectivity index (χ2v) is 7.13. The number of hydrogen-bond donors (Lipinski definition) is 1. The number of nitrogens with zero attached hydrogens (tertiary/aromatic N) is 6. The zero-order valence-electron chi connectivity index (χ0n) is 15.5. The Bertz CT molecular complexity index is 1100. The average molecular weight is 395 g/mol. The van der Waals surface area contributed by atoms with Crippen LogP contribution in [0.1, 0.15) is 32.1 Å². The van der Waals surface area contributed by atoms with Gasteiger partial charge in [0.2, 0.25) is 5.82 Å². The predicted molar refractivity (Wildman–Crippen MR) is 102 cm³/mol. The van der Waals surface area contributed by atoms with Crippen LogP contribution in [0.25, 0.3) is 17.2 Å². The summed E-state index contributed by atoms with van der Waals surface area (Å²) in [5.74, 6) is 0.289. The molecule has 4 rings (SSSR count). The molecule has 0 spiro atoms. The number of nitriles is 1. The van der Waals surface area contributed by atoms with Crippen molar-refractivity contribution in [2.24, 2.45) is 5.92 Å². The van der Waals surface area contributed by atoms with Crippen LogP contribution < -0.4 is 5.32 Å². The first kappa shape index (κ1) is 18.7. The van der Waals surface area contributed by atoms with Gasteiger partial charge < -0.3 is 5.32 Å². The van der Waals surface area contributed by atoms with Gasteiger partial charge in [0.05, 0.1) is 17.2 Å². The highest BCUT2D eigenvalue weighted by Crippen LogP contribution is 2.31. The maximum atomic E-state index is 13.6. The largest absolute Gasteiger partial charge is 0.361 e. The molecule has 29 heavy (non-hydrogen) atoms. The van der Waals surface area contributed by atoms with Crippen LogP contribution >= 0.6 is 0 Å². The fourth-order valence-corrected chi connectivity index (χ4v) is 3.69. The Kier molecular flexibility index (Phi) is 5.03. The Morgan fingerprint density at radius 3 is 2.79 bits per heavy atom. The van der Waals surface area contributed by atoms with Crippen molar-refractivity contribution in [1.29, 1.82) is 5.26 Å².